The second-order valence-electron chi connectivity index (χ2n) is 15.7. The number of nitrogens with two attached hydrogens (primary N) is 1. The highest BCUT2D eigenvalue weighted by Gasteiger charge is 2.34. The number of aliphatic hydroxyl groups is 2. The number of rotatable bonds is 38. The lowest BCUT2D eigenvalue weighted by Crippen LogP contribution is -2.59. The van der Waals surface area contributed by atoms with Gasteiger partial charge in [-0.3, -0.25) is 76.7 Å². The second kappa shape index (κ2) is 34.3. The molecule has 0 aromatic carbocycles. The summed E-state index contributed by atoms with van der Waals surface area (Å²) in [4.78, 5) is 207. The van der Waals surface area contributed by atoms with E-state index in [1.54, 1.807) is 0 Å². The van der Waals surface area contributed by atoms with Crippen molar-refractivity contribution in [3.63, 3.8) is 0 Å². The fourth-order valence-corrected chi connectivity index (χ4v) is 5.73. The Labute approximate surface area is 425 Å². The third-order valence-corrected chi connectivity index (χ3v) is 9.53. The van der Waals surface area contributed by atoms with E-state index in [9.17, 15) is 112 Å². The Balaban J connectivity index is 5.90. The molecule has 0 heterocycles. The first-order valence-electron chi connectivity index (χ1n) is 21.8. The number of hydrogen-bond donors (Lipinski definition) is 20. The predicted octanol–water partition coefficient (Wildman–Crippen LogP) is -10.9. The smallest absolute Gasteiger partial charge is 0.326 e. The largest absolute Gasteiger partial charge is 0.481 e. The van der Waals surface area contributed by atoms with E-state index in [2.05, 4.69) is 5.32 Å². The summed E-state index contributed by atoms with van der Waals surface area (Å²) in [6, 6.07) is -15.4. The summed E-state index contributed by atoms with van der Waals surface area (Å²) in [5.74, 6) is -24.7. The lowest BCUT2D eigenvalue weighted by molar-refractivity contribution is -0.144. The van der Waals surface area contributed by atoms with E-state index in [4.69, 9.17) is 21.1 Å². The number of aliphatic carboxylic acids is 7. The van der Waals surface area contributed by atoms with Crippen LogP contribution in [0.25, 0.3) is 0 Å². The van der Waals surface area contributed by atoms with Crippen LogP contribution in [0, 0.1) is 0 Å². The van der Waals surface area contributed by atoms with Crippen molar-refractivity contribution in [3.8, 4) is 0 Å². The van der Waals surface area contributed by atoms with Crippen molar-refractivity contribution in [1.29, 1.82) is 0 Å². The van der Waals surface area contributed by atoms with Crippen LogP contribution in [0.3, 0.4) is 0 Å². The maximum atomic E-state index is 13.2. The number of hydrogen-bond acceptors (Lipinski definition) is 20. The average Bonchev–Trinajstić information content (AvgIpc) is 3.32. The Bertz CT molecular complexity index is 2210. The highest BCUT2D eigenvalue weighted by molar-refractivity contribution is 5.99. The summed E-state index contributed by atoms with van der Waals surface area (Å²) in [6.45, 7) is -5.18. The number of carbonyl (C=O) groups is 17. The van der Waals surface area contributed by atoms with E-state index in [0.29, 0.717) is 0 Å². The van der Waals surface area contributed by atoms with Crippen molar-refractivity contribution in [2.24, 2.45) is 5.73 Å². The van der Waals surface area contributed by atoms with Crippen LogP contribution in [0.1, 0.15) is 57.8 Å². The number of carboxylic acids is 7. The molecule has 0 aromatic heterocycles. The quantitative estimate of drug-likeness (QED) is 0.0273. The second-order valence-corrected chi connectivity index (χ2v) is 15.7. The van der Waals surface area contributed by atoms with E-state index < -0.39 is 240 Å². The maximum Gasteiger partial charge on any atom is 0.326 e. The van der Waals surface area contributed by atoms with Crippen molar-refractivity contribution in [2.75, 3.05) is 32.8 Å². The Morgan fingerprint density at radius 3 is 0.947 bits per heavy atom. The van der Waals surface area contributed by atoms with Gasteiger partial charge in [-0.2, -0.15) is 0 Å². The number of carbonyl (C=O) groups excluding carboxylic acids is 10. The summed E-state index contributed by atoms with van der Waals surface area (Å²) in [7, 11) is 0. The van der Waals surface area contributed by atoms with Gasteiger partial charge in [-0.1, -0.05) is 0 Å². The molecule has 0 aliphatic carbocycles. The fourth-order valence-electron chi connectivity index (χ4n) is 5.73. The Kier molecular flexibility index (Phi) is 30.2. The summed E-state index contributed by atoms with van der Waals surface area (Å²) < 4.78 is 0. The molecule has 0 unspecified atom stereocenters. The normalized spacial score (nSPS) is 13.7. The molecular weight excluding hydrogens is 1040 g/mol. The fraction of sp³-hybridized carbons (Fsp3) is 0.564. The van der Waals surface area contributed by atoms with Gasteiger partial charge in [0.05, 0.1) is 52.1 Å². The van der Waals surface area contributed by atoms with Gasteiger partial charge in [-0.05, 0) is 19.3 Å². The molecule has 0 spiro atoms. The number of carboxylic acid groups (broad SMARTS) is 7. The van der Waals surface area contributed by atoms with Crippen LogP contribution in [-0.2, 0) is 81.5 Å². The lowest BCUT2D eigenvalue weighted by atomic mass is 10.1. The molecule has 0 radical (unpaired) electrons. The SMILES string of the molecule is N[C@@H](CO)C(=O)NCC(=O)N[C@@H](CC(=O)O)C(=O)N[C@@H](CC(=O)O)C(=O)N[C@@H](CC(=O)O)C(=O)NCC(=O)N[C@@H](CO)C(=O)NCC(=O)N[C@@H](CCC(=O)O)C(=O)N[C@@H](CCC(=O)O)C(=O)N[C@@H](CCC(=O)O)C(=O)O. The summed E-state index contributed by atoms with van der Waals surface area (Å²) in [5.41, 5.74) is 5.29. The monoisotopic (exact) mass is 1100 g/mol. The minimum absolute atomic E-state index is 0.635. The minimum Gasteiger partial charge on any atom is -0.481 e. The van der Waals surface area contributed by atoms with Gasteiger partial charge >= 0.3 is 41.8 Å². The van der Waals surface area contributed by atoms with E-state index in [1.165, 1.54) is 0 Å². The predicted molar refractivity (Wildman–Crippen MR) is 240 cm³/mol. The molecule has 37 heteroatoms. The van der Waals surface area contributed by atoms with Gasteiger partial charge < -0.3 is 105 Å². The van der Waals surface area contributed by atoms with Crippen LogP contribution < -0.4 is 58.9 Å². The van der Waals surface area contributed by atoms with Crippen molar-refractivity contribution in [3.05, 3.63) is 0 Å². The Morgan fingerprint density at radius 2 is 0.592 bits per heavy atom. The Morgan fingerprint density at radius 1 is 0.316 bits per heavy atom. The van der Waals surface area contributed by atoms with E-state index in [1.807, 2.05) is 47.9 Å². The van der Waals surface area contributed by atoms with Gasteiger partial charge in [0.15, 0.2) is 0 Å². The van der Waals surface area contributed by atoms with Gasteiger partial charge in [-0.15, -0.1) is 0 Å². The first-order valence-corrected chi connectivity index (χ1v) is 21.8. The van der Waals surface area contributed by atoms with Crippen molar-refractivity contribution >= 4 is 101 Å². The van der Waals surface area contributed by atoms with Crippen molar-refractivity contribution < 1.29 is 127 Å². The summed E-state index contributed by atoms with van der Waals surface area (Å²) in [5, 5.41) is 103. The van der Waals surface area contributed by atoms with Crippen LogP contribution >= 0.6 is 0 Å². The lowest BCUT2D eigenvalue weighted by Gasteiger charge is -2.24. The standard InChI is InChI=1S/C39H57N11O26/c40-15(13-51)32(68)41-10-24(54)45-20(8-30(64)65)37(73)50-21(9-31(66)67)38(74)49-19(7-29(62)63)33(69)42-12-25(55)46-22(14-52)34(70)43-11-23(53)44-16(1-4-26(56)57)35(71)47-17(2-5-27(58)59)36(72)48-18(39(75)76)3-6-28(60)61/h15-22,51-52H,1-14,40H2,(H,41,68)(H,42,69)(H,43,70)(H,44,53)(H,45,54)(H,46,55)(H,47,71)(H,48,72)(H,49,74)(H,50,73)(H,56,57)(H,58,59)(H,60,61)(H,62,63)(H,64,65)(H,66,67)(H,75,76)/t15-,16-,17-,18-,19-,20-,21-,22-/m0/s1. The summed E-state index contributed by atoms with van der Waals surface area (Å²) >= 11 is 0. The van der Waals surface area contributed by atoms with Gasteiger partial charge in [0.2, 0.25) is 59.1 Å². The minimum atomic E-state index is -2.22. The van der Waals surface area contributed by atoms with Crippen molar-refractivity contribution in [1.82, 2.24) is 53.2 Å². The van der Waals surface area contributed by atoms with E-state index >= 15 is 0 Å². The first kappa shape index (κ1) is 66.9. The molecule has 0 rings (SSSR count). The molecule has 10 amide bonds. The number of nitrogens with one attached hydrogen (secondary N) is 10. The molecule has 0 fully saturated rings. The highest BCUT2D eigenvalue weighted by Crippen LogP contribution is 2.07. The topological polar surface area (TPSA) is 619 Å². The molecule has 0 saturated carbocycles. The average molecular weight is 1100 g/mol. The van der Waals surface area contributed by atoms with Crippen molar-refractivity contribution in [2.45, 2.75) is 106 Å². The molecular formula is C39H57N11O26. The van der Waals surface area contributed by atoms with Gasteiger partial charge in [-0.25, -0.2) is 4.79 Å². The summed E-state index contributed by atoms with van der Waals surface area (Å²) in [6.07, 6.45) is -8.14. The number of aliphatic hydroxyl groups excluding tert-OH is 2. The third kappa shape index (κ3) is 28.2. The van der Waals surface area contributed by atoms with Crippen LogP contribution in [0.4, 0.5) is 0 Å². The molecule has 0 saturated heterocycles. The van der Waals surface area contributed by atoms with Crippen LogP contribution in [0.2, 0.25) is 0 Å². The zero-order chi connectivity index (χ0) is 58.4. The maximum absolute atomic E-state index is 13.2. The number of amides is 10. The van der Waals surface area contributed by atoms with Gasteiger partial charge in [0, 0.05) is 19.3 Å². The van der Waals surface area contributed by atoms with Crippen LogP contribution in [0.5, 0.6) is 0 Å². The molecule has 37 nitrogen and oxygen atoms in total. The zero-order valence-corrected chi connectivity index (χ0v) is 39.6. The van der Waals surface area contributed by atoms with Gasteiger partial charge in [0.25, 0.3) is 0 Å². The highest BCUT2D eigenvalue weighted by atomic mass is 16.4. The van der Waals surface area contributed by atoms with Crippen LogP contribution in [-0.4, -0.2) is 228 Å². The molecule has 0 aliphatic heterocycles. The van der Waals surface area contributed by atoms with E-state index in [0.717, 1.165) is 0 Å². The van der Waals surface area contributed by atoms with Gasteiger partial charge in [0.1, 0.15) is 48.3 Å². The molecule has 0 bridgehead atoms. The third-order valence-electron chi connectivity index (χ3n) is 9.53. The zero-order valence-electron chi connectivity index (χ0n) is 39.6. The molecule has 8 atom stereocenters. The van der Waals surface area contributed by atoms with E-state index in [-0.39, 0.29) is 0 Å². The molecule has 424 valence electrons. The Hall–Kier alpha value is -9.13. The molecule has 0 aliphatic rings. The molecule has 21 N–H and O–H groups in total. The van der Waals surface area contributed by atoms with Crippen LogP contribution in [0.15, 0.2) is 0 Å². The first-order chi connectivity index (χ1) is 35.4. The molecule has 76 heavy (non-hydrogen) atoms. The molecule has 0 aromatic rings.